The molecule has 28 heavy (non-hydrogen) atoms. The number of aromatic amines is 1. The molecule has 6 nitrogen and oxygen atoms in total. The van der Waals surface area contributed by atoms with Gasteiger partial charge in [0.25, 0.3) is 5.91 Å². The van der Waals surface area contributed by atoms with Crippen molar-refractivity contribution in [2.24, 2.45) is 0 Å². The molecule has 2 N–H and O–H groups in total. The molecule has 1 aromatic carbocycles. The van der Waals surface area contributed by atoms with Crippen molar-refractivity contribution < 1.29 is 9.53 Å². The first-order valence-corrected chi connectivity index (χ1v) is 10.5. The lowest BCUT2D eigenvalue weighted by Crippen LogP contribution is -2.33. The molecule has 2 aromatic rings. The molecule has 0 bridgehead atoms. The summed E-state index contributed by atoms with van der Waals surface area (Å²) in [7, 11) is 1.69. The molecule has 2 heterocycles. The van der Waals surface area contributed by atoms with Crippen LogP contribution in [0.1, 0.15) is 72.7 Å². The molecule has 4 rings (SSSR count). The molecule has 2 aliphatic rings. The normalized spacial score (nSPS) is 21.0. The lowest BCUT2D eigenvalue weighted by Gasteiger charge is -2.35. The van der Waals surface area contributed by atoms with Crippen molar-refractivity contribution in [2.45, 2.75) is 63.6 Å². The Bertz CT molecular complexity index is 780. The van der Waals surface area contributed by atoms with Gasteiger partial charge in [0.1, 0.15) is 11.4 Å². The van der Waals surface area contributed by atoms with Crippen molar-refractivity contribution >= 4 is 5.91 Å². The van der Waals surface area contributed by atoms with Gasteiger partial charge in [-0.15, -0.1) is 0 Å². The summed E-state index contributed by atoms with van der Waals surface area (Å²) in [5.74, 6) is 0.831. The molecular formula is C22H30N4O2. The van der Waals surface area contributed by atoms with Crippen molar-refractivity contribution in [3.05, 3.63) is 47.3 Å². The molecule has 1 aliphatic carbocycles. The van der Waals surface area contributed by atoms with E-state index < -0.39 is 0 Å². The third-order valence-electron chi connectivity index (χ3n) is 6.04. The molecule has 2 fully saturated rings. The minimum Gasteiger partial charge on any atom is -0.497 e. The molecule has 150 valence electrons. The van der Waals surface area contributed by atoms with Gasteiger partial charge in [-0.25, -0.2) is 0 Å². The highest BCUT2D eigenvalue weighted by Gasteiger charge is 2.27. The number of hydrogen-bond acceptors (Lipinski definition) is 4. The zero-order valence-corrected chi connectivity index (χ0v) is 16.6. The Morgan fingerprint density at radius 3 is 2.68 bits per heavy atom. The van der Waals surface area contributed by atoms with Gasteiger partial charge in [0, 0.05) is 12.6 Å². The van der Waals surface area contributed by atoms with Gasteiger partial charge < -0.3 is 10.1 Å². The van der Waals surface area contributed by atoms with Crippen LogP contribution in [0.15, 0.2) is 30.3 Å². The van der Waals surface area contributed by atoms with E-state index in [0.717, 1.165) is 43.8 Å². The average Bonchev–Trinajstić information content (AvgIpc) is 3.41. The first-order valence-electron chi connectivity index (χ1n) is 10.5. The van der Waals surface area contributed by atoms with Crippen molar-refractivity contribution in [1.82, 2.24) is 20.4 Å². The van der Waals surface area contributed by atoms with Crippen molar-refractivity contribution in [3.63, 3.8) is 0 Å². The van der Waals surface area contributed by atoms with Crippen molar-refractivity contribution in [2.75, 3.05) is 13.7 Å². The Labute approximate surface area is 166 Å². The molecule has 1 atom stereocenters. The van der Waals surface area contributed by atoms with Gasteiger partial charge in [0.05, 0.1) is 18.8 Å². The number of aromatic nitrogens is 2. The Hall–Kier alpha value is -2.34. The Kier molecular flexibility index (Phi) is 5.95. The quantitative estimate of drug-likeness (QED) is 0.797. The standard InChI is InChI=1S/C22H30N4O2/c1-28-18-11-9-16(10-12-18)15-26-13-5-4-8-21(26)19-14-20(25-24-19)22(27)23-17-6-2-3-7-17/h9-12,14,17,21H,2-8,13,15H2,1H3,(H,23,27)(H,24,25)/t21-/m0/s1. The zero-order chi connectivity index (χ0) is 19.3. The first-order chi connectivity index (χ1) is 13.7. The van der Waals surface area contributed by atoms with Gasteiger partial charge in [-0.1, -0.05) is 31.4 Å². The summed E-state index contributed by atoms with van der Waals surface area (Å²) < 4.78 is 5.26. The third-order valence-corrected chi connectivity index (χ3v) is 6.04. The fraction of sp³-hybridized carbons (Fsp3) is 0.545. The van der Waals surface area contributed by atoms with Crippen LogP contribution in [0.2, 0.25) is 0 Å². The molecule has 1 aliphatic heterocycles. The molecular weight excluding hydrogens is 352 g/mol. The molecule has 0 radical (unpaired) electrons. The summed E-state index contributed by atoms with van der Waals surface area (Å²) in [6.45, 7) is 1.94. The summed E-state index contributed by atoms with van der Waals surface area (Å²) in [6, 6.07) is 10.8. The van der Waals surface area contributed by atoms with E-state index in [4.69, 9.17) is 4.74 Å². The molecule has 1 amide bonds. The van der Waals surface area contributed by atoms with E-state index in [1.54, 1.807) is 7.11 Å². The fourth-order valence-corrected chi connectivity index (χ4v) is 4.45. The molecule has 0 unspecified atom stereocenters. The van der Waals surface area contributed by atoms with E-state index in [1.165, 1.54) is 31.2 Å². The number of likely N-dealkylation sites (tertiary alicyclic amines) is 1. The van der Waals surface area contributed by atoms with E-state index in [9.17, 15) is 4.79 Å². The van der Waals surface area contributed by atoms with E-state index in [0.29, 0.717) is 11.7 Å². The summed E-state index contributed by atoms with van der Waals surface area (Å²) in [4.78, 5) is 15.0. The summed E-state index contributed by atoms with van der Waals surface area (Å²) >= 11 is 0. The predicted octanol–water partition coefficient (Wildman–Crippen LogP) is 3.82. The van der Waals surface area contributed by atoms with Crippen LogP contribution >= 0.6 is 0 Å². The number of hydrogen-bond donors (Lipinski definition) is 2. The van der Waals surface area contributed by atoms with Crippen molar-refractivity contribution in [1.29, 1.82) is 0 Å². The molecule has 1 saturated heterocycles. The van der Waals surface area contributed by atoms with Gasteiger partial charge >= 0.3 is 0 Å². The van der Waals surface area contributed by atoms with Gasteiger partial charge in [0.2, 0.25) is 0 Å². The van der Waals surface area contributed by atoms with Crippen molar-refractivity contribution in [3.8, 4) is 5.75 Å². The van der Waals surface area contributed by atoms with Crippen LogP contribution < -0.4 is 10.1 Å². The van der Waals surface area contributed by atoms with Crippen LogP contribution in [0.25, 0.3) is 0 Å². The third kappa shape index (κ3) is 4.38. The number of carbonyl (C=O) groups excluding carboxylic acids is 1. The molecule has 0 spiro atoms. The molecule has 6 heteroatoms. The zero-order valence-electron chi connectivity index (χ0n) is 16.6. The van der Waals surface area contributed by atoms with Crippen LogP contribution in [0, 0.1) is 0 Å². The number of carbonyl (C=O) groups is 1. The van der Waals surface area contributed by atoms with Crippen LogP contribution in [0.3, 0.4) is 0 Å². The highest BCUT2D eigenvalue weighted by Crippen LogP contribution is 2.31. The molecule has 1 aromatic heterocycles. The second-order valence-electron chi connectivity index (χ2n) is 7.99. The minimum absolute atomic E-state index is 0.0492. The topological polar surface area (TPSA) is 70.2 Å². The Morgan fingerprint density at radius 1 is 1.18 bits per heavy atom. The van der Waals surface area contributed by atoms with Gasteiger partial charge in [-0.3, -0.25) is 14.8 Å². The number of methoxy groups -OCH3 is 1. The number of nitrogens with zero attached hydrogens (tertiary/aromatic N) is 2. The average molecular weight is 383 g/mol. The number of H-pyrrole nitrogens is 1. The van der Waals surface area contributed by atoms with E-state index >= 15 is 0 Å². The largest absolute Gasteiger partial charge is 0.497 e. The van der Waals surface area contributed by atoms with Crippen LogP contribution in [0.5, 0.6) is 5.75 Å². The summed E-state index contributed by atoms with van der Waals surface area (Å²) in [5, 5.41) is 10.6. The highest BCUT2D eigenvalue weighted by molar-refractivity contribution is 5.92. The highest BCUT2D eigenvalue weighted by atomic mass is 16.5. The van der Waals surface area contributed by atoms with E-state index in [1.807, 2.05) is 18.2 Å². The second-order valence-corrected chi connectivity index (χ2v) is 7.99. The number of benzene rings is 1. The maximum Gasteiger partial charge on any atom is 0.271 e. The van der Waals surface area contributed by atoms with E-state index in [-0.39, 0.29) is 11.9 Å². The number of ether oxygens (including phenoxy) is 1. The first kappa shape index (κ1) is 19.0. The lowest BCUT2D eigenvalue weighted by atomic mass is 9.98. The van der Waals surface area contributed by atoms with E-state index in [2.05, 4.69) is 32.5 Å². The Morgan fingerprint density at radius 2 is 1.93 bits per heavy atom. The number of amides is 1. The summed E-state index contributed by atoms with van der Waals surface area (Å²) in [6.07, 6.45) is 8.07. The van der Waals surface area contributed by atoms with Crippen LogP contribution in [0.4, 0.5) is 0 Å². The number of rotatable bonds is 6. The maximum atomic E-state index is 12.5. The van der Waals surface area contributed by atoms with Gasteiger partial charge in [0.15, 0.2) is 0 Å². The SMILES string of the molecule is COc1ccc(CN2CCCC[C@H]2c2cc(C(=O)NC3CCCC3)n[nH]2)cc1. The lowest BCUT2D eigenvalue weighted by molar-refractivity contribution is 0.0932. The summed E-state index contributed by atoms with van der Waals surface area (Å²) in [5.41, 5.74) is 2.83. The number of nitrogens with one attached hydrogen (secondary N) is 2. The second kappa shape index (κ2) is 8.78. The Balaban J connectivity index is 1.43. The van der Waals surface area contributed by atoms with Gasteiger partial charge in [-0.05, 0) is 56.0 Å². The predicted molar refractivity (Wildman–Crippen MR) is 108 cm³/mol. The molecule has 1 saturated carbocycles. The smallest absolute Gasteiger partial charge is 0.271 e. The van der Waals surface area contributed by atoms with Crippen LogP contribution in [-0.2, 0) is 6.54 Å². The maximum absolute atomic E-state index is 12.5. The monoisotopic (exact) mass is 382 g/mol. The number of piperidine rings is 1. The van der Waals surface area contributed by atoms with Crippen LogP contribution in [-0.4, -0.2) is 40.7 Å². The fourth-order valence-electron chi connectivity index (χ4n) is 4.45. The van der Waals surface area contributed by atoms with Gasteiger partial charge in [-0.2, -0.15) is 5.10 Å². The minimum atomic E-state index is -0.0492.